The number of nitrogens with one attached hydrogen (secondary N) is 2. The molecule has 0 bridgehead atoms. The van der Waals surface area contributed by atoms with Crippen molar-refractivity contribution in [3.63, 3.8) is 0 Å². The minimum Gasteiger partial charge on any atom is -0.494 e. The summed E-state index contributed by atoms with van der Waals surface area (Å²) in [4.78, 5) is 27.1. The summed E-state index contributed by atoms with van der Waals surface area (Å²) in [6.07, 6.45) is 1.10. The average Bonchev–Trinajstić information content (AvgIpc) is 3.11. The zero-order chi connectivity index (χ0) is 25.8. The number of hydrogen-bond donors (Lipinski definition) is 2. The van der Waals surface area contributed by atoms with Crippen molar-refractivity contribution in [2.24, 2.45) is 0 Å². The lowest BCUT2D eigenvalue weighted by Crippen LogP contribution is -2.29. The Bertz CT molecular complexity index is 1340. The van der Waals surface area contributed by atoms with E-state index in [-0.39, 0.29) is 23.9 Å². The first-order valence-electron chi connectivity index (χ1n) is 11.1. The first-order chi connectivity index (χ1) is 16.5. The van der Waals surface area contributed by atoms with E-state index in [1.165, 1.54) is 6.92 Å². The third-order valence-electron chi connectivity index (χ3n) is 5.53. The minimum absolute atomic E-state index is 0.0406. The van der Waals surface area contributed by atoms with Crippen molar-refractivity contribution < 1.29 is 22.7 Å². The molecular formula is C25H28Cl2N2O5S. The summed E-state index contributed by atoms with van der Waals surface area (Å²) in [6.45, 7) is 5.51. The molecule has 1 aromatic heterocycles. The number of fused-ring (bicyclic) bond motifs is 1. The Hall–Kier alpha value is -2.55. The van der Waals surface area contributed by atoms with Crippen LogP contribution >= 0.6 is 23.2 Å². The molecule has 0 fully saturated rings. The predicted octanol–water partition coefficient (Wildman–Crippen LogP) is 4.84. The Balaban J connectivity index is 1.75. The molecule has 1 heterocycles. The van der Waals surface area contributed by atoms with Crippen LogP contribution in [-0.4, -0.2) is 49.7 Å². The zero-order valence-electron chi connectivity index (χ0n) is 19.8. The van der Waals surface area contributed by atoms with Crippen molar-refractivity contribution in [2.45, 2.75) is 33.6 Å². The van der Waals surface area contributed by atoms with Crippen molar-refractivity contribution in [1.29, 1.82) is 0 Å². The van der Waals surface area contributed by atoms with E-state index in [2.05, 4.69) is 10.3 Å². The van der Waals surface area contributed by atoms with Crippen LogP contribution in [0, 0.1) is 13.8 Å². The monoisotopic (exact) mass is 538 g/mol. The van der Waals surface area contributed by atoms with E-state index in [9.17, 15) is 18.0 Å². The van der Waals surface area contributed by atoms with Crippen molar-refractivity contribution in [3.8, 4) is 5.75 Å². The molecule has 7 nitrogen and oxygen atoms in total. The van der Waals surface area contributed by atoms with Crippen molar-refractivity contribution in [1.82, 2.24) is 10.3 Å². The number of carbonyl (C=O) groups excluding carboxylic acids is 2. The molecule has 3 aromatic rings. The van der Waals surface area contributed by atoms with E-state index < -0.39 is 21.4 Å². The number of benzene rings is 2. The van der Waals surface area contributed by atoms with Gasteiger partial charge in [0.2, 0.25) is 5.91 Å². The van der Waals surface area contributed by atoms with Gasteiger partial charge in [0.1, 0.15) is 11.5 Å². The van der Waals surface area contributed by atoms with E-state index in [4.69, 9.17) is 27.9 Å². The minimum atomic E-state index is -3.71. The molecule has 0 unspecified atom stereocenters. The molecule has 0 aliphatic rings. The van der Waals surface area contributed by atoms with Crippen LogP contribution in [0.3, 0.4) is 0 Å². The smallest absolute Gasteiger partial charge is 0.216 e. The second-order valence-corrected chi connectivity index (χ2v) is 11.5. The maximum absolute atomic E-state index is 13.0. The molecule has 0 spiro atoms. The van der Waals surface area contributed by atoms with Crippen LogP contribution in [0.25, 0.3) is 10.9 Å². The highest BCUT2D eigenvalue weighted by Crippen LogP contribution is 2.28. The van der Waals surface area contributed by atoms with E-state index in [0.29, 0.717) is 35.0 Å². The van der Waals surface area contributed by atoms with Gasteiger partial charge in [-0.1, -0.05) is 29.3 Å². The van der Waals surface area contributed by atoms with Gasteiger partial charge in [0.05, 0.1) is 18.1 Å². The van der Waals surface area contributed by atoms with Crippen LogP contribution < -0.4 is 10.1 Å². The van der Waals surface area contributed by atoms with Gasteiger partial charge in [-0.05, 0) is 67.6 Å². The van der Waals surface area contributed by atoms with Gasteiger partial charge in [0, 0.05) is 34.4 Å². The number of sulfone groups is 1. The van der Waals surface area contributed by atoms with E-state index in [1.807, 2.05) is 32.0 Å². The van der Waals surface area contributed by atoms with Crippen LogP contribution in [0.4, 0.5) is 0 Å². The lowest BCUT2D eigenvalue weighted by atomic mass is 10.0. The molecule has 0 aliphatic heterocycles. The van der Waals surface area contributed by atoms with Gasteiger partial charge in [-0.25, -0.2) is 8.42 Å². The number of ether oxygens (including phenoxy) is 1. The summed E-state index contributed by atoms with van der Waals surface area (Å²) in [6, 6.07) is 9.01. The molecule has 1 amide bonds. The molecule has 35 heavy (non-hydrogen) atoms. The first kappa shape index (κ1) is 27.0. The number of amides is 1. The number of halogens is 2. The van der Waals surface area contributed by atoms with Gasteiger partial charge in [0.15, 0.2) is 15.6 Å². The molecule has 3 rings (SSSR count). The second-order valence-electron chi connectivity index (χ2n) is 8.49. The van der Waals surface area contributed by atoms with Crippen molar-refractivity contribution in [3.05, 3.63) is 62.8 Å². The van der Waals surface area contributed by atoms with E-state index in [1.54, 1.807) is 12.1 Å². The van der Waals surface area contributed by atoms with Gasteiger partial charge >= 0.3 is 0 Å². The van der Waals surface area contributed by atoms with Crippen LogP contribution in [-0.2, 0) is 21.1 Å². The fourth-order valence-corrected chi connectivity index (χ4v) is 5.26. The van der Waals surface area contributed by atoms with Gasteiger partial charge < -0.3 is 15.0 Å². The van der Waals surface area contributed by atoms with Crippen LogP contribution in [0.15, 0.2) is 30.3 Å². The highest BCUT2D eigenvalue weighted by molar-refractivity contribution is 7.92. The summed E-state index contributed by atoms with van der Waals surface area (Å²) in [7, 11) is -3.71. The summed E-state index contributed by atoms with van der Waals surface area (Å²) < 4.78 is 30.8. The summed E-state index contributed by atoms with van der Waals surface area (Å²) in [5.41, 5.74) is 3.51. The zero-order valence-corrected chi connectivity index (χ0v) is 22.2. The fourth-order valence-electron chi connectivity index (χ4n) is 3.88. The van der Waals surface area contributed by atoms with Crippen LogP contribution in [0.5, 0.6) is 5.75 Å². The van der Waals surface area contributed by atoms with Gasteiger partial charge in [0.25, 0.3) is 0 Å². The summed E-state index contributed by atoms with van der Waals surface area (Å²) in [5.74, 6) is -1.10. The second kappa shape index (κ2) is 11.5. The normalized spacial score (nSPS) is 11.6. The van der Waals surface area contributed by atoms with Gasteiger partial charge in [-0.2, -0.15) is 0 Å². The Morgan fingerprint density at radius 1 is 1.09 bits per heavy atom. The number of aryl methyl sites for hydroxylation is 3. The highest BCUT2D eigenvalue weighted by atomic mass is 35.5. The van der Waals surface area contributed by atoms with Gasteiger partial charge in [-0.15, -0.1) is 0 Å². The van der Waals surface area contributed by atoms with Crippen molar-refractivity contribution in [2.75, 3.05) is 24.7 Å². The largest absolute Gasteiger partial charge is 0.494 e. The van der Waals surface area contributed by atoms with Gasteiger partial charge in [-0.3, -0.25) is 9.59 Å². The quantitative estimate of drug-likeness (QED) is 0.268. The Kier molecular flexibility index (Phi) is 8.85. The molecule has 2 aromatic carbocycles. The summed E-state index contributed by atoms with van der Waals surface area (Å²) in [5, 5.41) is 4.47. The maximum Gasteiger partial charge on any atom is 0.216 e. The number of aromatic nitrogens is 1. The number of Topliss-reactive ketones (excluding diaryl/α,β-unsaturated/α-hetero) is 1. The molecule has 0 saturated carbocycles. The van der Waals surface area contributed by atoms with Crippen molar-refractivity contribution >= 4 is 55.6 Å². The number of rotatable bonds is 11. The third-order valence-corrected chi connectivity index (χ3v) is 7.89. The molecule has 0 atom stereocenters. The first-order valence-corrected chi connectivity index (χ1v) is 13.7. The van der Waals surface area contributed by atoms with Crippen LogP contribution in [0.2, 0.25) is 10.0 Å². The highest BCUT2D eigenvalue weighted by Gasteiger charge is 2.23. The molecule has 0 radical (unpaired) electrons. The molecular weight excluding hydrogens is 511 g/mol. The molecule has 0 aliphatic carbocycles. The number of ketones is 1. The third kappa shape index (κ3) is 7.22. The Morgan fingerprint density at radius 3 is 2.43 bits per heavy atom. The fraction of sp³-hybridized carbons (Fsp3) is 0.360. The number of hydrogen-bond acceptors (Lipinski definition) is 5. The number of H-pyrrole nitrogens is 1. The molecule has 10 heteroatoms. The lowest BCUT2D eigenvalue weighted by Gasteiger charge is -2.10. The van der Waals surface area contributed by atoms with Crippen LogP contribution in [0.1, 0.15) is 40.5 Å². The average molecular weight is 539 g/mol. The maximum atomic E-state index is 13.0. The molecule has 2 N–H and O–H groups in total. The standard InChI is InChI=1S/C25H28Cl2N2O5S/c1-15-11-19(12-16(2)24(15)27)34-9-4-5-21-20-7-6-18(26)13-22(20)29-25(21)23(31)14-35(32,33)10-8-28-17(3)30/h6-7,11-13,29H,4-5,8-10,14H2,1-3H3,(H,28,30). The van der Waals surface area contributed by atoms with E-state index >= 15 is 0 Å². The number of aromatic amines is 1. The topological polar surface area (TPSA) is 105 Å². The van der Waals surface area contributed by atoms with E-state index in [0.717, 1.165) is 27.8 Å². The predicted molar refractivity (Wildman–Crippen MR) is 140 cm³/mol. The Morgan fingerprint density at radius 2 is 1.77 bits per heavy atom. The summed E-state index contributed by atoms with van der Waals surface area (Å²) >= 11 is 12.3. The molecule has 188 valence electrons. The molecule has 0 saturated heterocycles. The SMILES string of the molecule is CC(=O)NCCS(=O)(=O)CC(=O)c1[nH]c2cc(Cl)ccc2c1CCCOc1cc(C)c(Cl)c(C)c1. The Labute approximate surface area is 215 Å². The lowest BCUT2D eigenvalue weighted by molar-refractivity contribution is -0.118. The number of carbonyl (C=O) groups is 2.